The molecular weight excluding hydrogens is 284 g/mol. The van der Waals surface area contributed by atoms with E-state index in [0.717, 1.165) is 35.8 Å². The van der Waals surface area contributed by atoms with E-state index in [1.807, 2.05) is 23.6 Å². The predicted molar refractivity (Wildman–Crippen MR) is 84.8 cm³/mol. The van der Waals surface area contributed by atoms with E-state index in [1.165, 1.54) is 5.56 Å². The molecule has 0 radical (unpaired) electrons. The number of rotatable bonds is 5. The van der Waals surface area contributed by atoms with Gasteiger partial charge in [0, 0.05) is 0 Å². The molecule has 2 aromatic rings. The number of fused-ring (bicyclic) bond motifs is 1. The molecule has 0 saturated carbocycles. The fraction of sp³-hybridized carbons (Fsp3) is 0.375. The van der Waals surface area contributed by atoms with Crippen LogP contribution >= 0.6 is 11.3 Å². The highest BCUT2D eigenvalue weighted by molar-refractivity contribution is 7.10. The SMILES string of the molecule is COc1ccsc1C(CC1CCOc2ccccc21)NN. The second-order valence-electron chi connectivity index (χ2n) is 5.18. The molecule has 0 saturated heterocycles. The van der Waals surface area contributed by atoms with Crippen molar-refractivity contribution in [2.45, 2.75) is 24.8 Å². The molecule has 3 rings (SSSR count). The third kappa shape index (κ3) is 2.90. The van der Waals surface area contributed by atoms with Crippen molar-refractivity contribution in [1.82, 2.24) is 5.43 Å². The van der Waals surface area contributed by atoms with E-state index < -0.39 is 0 Å². The first-order valence-corrected chi connectivity index (χ1v) is 8.00. The van der Waals surface area contributed by atoms with Gasteiger partial charge >= 0.3 is 0 Å². The maximum atomic E-state index is 5.79. The predicted octanol–water partition coefficient (Wildman–Crippen LogP) is 3.22. The Morgan fingerprint density at radius 2 is 2.29 bits per heavy atom. The Morgan fingerprint density at radius 1 is 1.43 bits per heavy atom. The molecule has 112 valence electrons. The minimum absolute atomic E-state index is 0.0936. The minimum atomic E-state index is 0.0936. The normalized spacial score (nSPS) is 18.7. The van der Waals surface area contributed by atoms with Crippen molar-refractivity contribution in [3.63, 3.8) is 0 Å². The van der Waals surface area contributed by atoms with Crippen molar-refractivity contribution in [2.75, 3.05) is 13.7 Å². The standard InChI is InChI=1S/C16H20N2O2S/c1-19-15-7-9-21-16(15)13(18-17)10-11-6-8-20-14-5-3-2-4-12(11)14/h2-5,7,9,11,13,18H,6,8,10,17H2,1H3. The summed E-state index contributed by atoms with van der Waals surface area (Å²) in [5.41, 5.74) is 4.22. The fourth-order valence-electron chi connectivity index (χ4n) is 2.93. The molecule has 21 heavy (non-hydrogen) atoms. The summed E-state index contributed by atoms with van der Waals surface area (Å²) in [5, 5.41) is 2.04. The maximum Gasteiger partial charge on any atom is 0.134 e. The Kier molecular flexibility index (Phi) is 4.43. The van der Waals surface area contributed by atoms with E-state index in [9.17, 15) is 0 Å². The molecule has 0 spiro atoms. The highest BCUT2D eigenvalue weighted by Crippen LogP contribution is 2.41. The third-order valence-electron chi connectivity index (χ3n) is 4.00. The number of hydrogen-bond donors (Lipinski definition) is 2. The summed E-state index contributed by atoms with van der Waals surface area (Å²) in [6.07, 6.45) is 1.95. The average Bonchev–Trinajstić information content (AvgIpc) is 3.01. The van der Waals surface area contributed by atoms with Crippen LogP contribution in [0.2, 0.25) is 0 Å². The van der Waals surface area contributed by atoms with Gasteiger partial charge in [0.05, 0.1) is 24.6 Å². The van der Waals surface area contributed by atoms with E-state index >= 15 is 0 Å². The van der Waals surface area contributed by atoms with Crippen LogP contribution in [-0.4, -0.2) is 13.7 Å². The van der Waals surface area contributed by atoms with Gasteiger partial charge < -0.3 is 9.47 Å². The second kappa shape index (κ2) is 6.47. The number of para-hydroxylation sites is 1. The van der Waals surface area contributed by atoms with Crippen LogP contribution < -0.4 is 20.7 Å². The summed E-state index contributed by atoms with van der Waals surface area (Å²) in [6, 6.07) is 10.4. The Labute approximate surface area is 128 Å². The van der Waals surface area contributed by atoms with Gasteiger partial charge in [-0.15, -0.1) is 11.3 Å². The first-order chi connectivity index (χ1) is 10.3. The monoisotopic (exact) mass is 304 g/mol. The zero-order valence-electron chi connectivity index (χ0n) is 12.0. The van der Waals surface area contributed by atoms with E-state index in [2.05, 4.69) is 17.6 Å². The molecule has 1 aromatic carbocycles. The van der Waals surface area contributed by atoms with Gasteiger partial charge in [-0.3, -0.25) is 11.3 Å². The van der Waals surface area contributed by atoms with Gasteiger partial charge in [-0.1, -0.05) is 18.2 Å². The molecule has 2 unspecified atom stereocenters. The van der Waals surface area contributed by atoms with Gasteiger partial charge in [0.1, 0.15) is 11.5 Å². The lowest BCUT2D eigenvalue weighted by molar-refractivity contribution is 0.255. The molecule has 3 N–H and O–H groups in total. The van der Waals surface area contributed by atoms with Crippen LogP contribution in [0, 0.1) is 0 Å². The molecule has 0 amide bonds. The van der Waals surface area contributed by atoms with Crippen molar-refractivity contribution in [3.05, 3.63) is 46.2 Å². The first kappa shape index (κ1) is 14.4. The lowest BCUT2D eigenvalue weighted by Crippen LogP contribution is -2.30. The number of nitrogens with one attached hydrogen (secondary N) is 1. The fourth-order valence-corrected chi connectivity index (χ4v) is 3.86. The summed E-state index contributed by atoms with van der Waals surface area (Å²) in [7, 11) is 1.70. The van der Waals surface area contributed by atoms with Crippen molar-refractivity contribution in [3.8, 4) is 11.5 Å². The van der Waals surface area contributed by atoms with E-state index in [4.69, 9.17) is 15.3 Å². The van der Waals surface area contributed by atoms with Crippen LogP contribution in [0.3, 0.4) is 0 Å². The summed E-state index contributed by atoms with van der Waals surface area (Å²) >= 11 is 1.68. The zero-order valence-corrected chi connectivity index (χ0v) is 12.9. The van der Waals surface area contributed by atoms with Gasteiger partial charge in [0.2, 0.25) is 0 Å². The van der Waals surface area contributed by atoms with Gasteiger partial charge in [-0.25, -0.2) is 0 Å². The molecule has 2 heterocycles. The number of hydrazine groups is 1. The van der Waals surface area contributed by atoms with Crippen LogP contribution in [-0.2, 0) is 0 Å². The molecule has 1 aromatic heterocycles. The largest absolute Gasteiger partial charge is 0.496 e. The molecule has 4 nitrogen and oxygen atoms in total. The lowest BCUT2D eigenvalue weighted by Gasteiger charge is -2.28. The van der Waals surface area contributed by atoms with Crippen LogP contribution in [0.25, 0.3) is 0 Å². The quantitative estimate of drug-likeness (QED) is 0.658. The van der Waals surface area contributed by atoms with Crippen LogP contribution in [0.5, 0.6) is 11.5 Å². The van der Waals surface area contributed by atoms with Gasteiger partial charge in [-0.05, 0) is 41.8 Å². The Balaban J connectivity index is 1.82. The van der Waals surface area contributed by atoms with Gasteiger partial charge in [0.25, 0.3) is 0 Å². The molecule has 1 aliphatic heterocycles. The molecule has 0 fully saturated rings. The van der Waals surface area contributed by atoms with Gasteiger partial charge in [0.15, 0.2) is 0 Å². The third-order valence-corrected chi connectivity index (χ3v) is 5.01. The van der Waals surface area contributed by atoms with Crippen molar-refractivity contribution in [2.24, 2.45) is 5.84 Å². The Hall–Kier alpha value is -1.56. The number of benzene rings is 1. The van der Waals surface area contributed by atoms with Gasteiger partial charge in [-0.2, -0.15) is 0 Å². The summed E-state index contributed by atoms with van der Waals surface area (Å²) in [5.74, 6) is 8.15. The van der Waals surface area contributed by atoms with Crippen LogP contribution in [0.1, 0.15) is 35.2 Å². The number of nitrogens with two attached hydrogens (primary N) is 1. The zero-order chi connectivity index (χ0) is 14.7. The summed E-state index contributed by atoms with van der Waals surface area (Å²) < 4.78 is 11.1. The van der Waals surface area contributed by atoms with E-state index in [1.54, 1.807) is 18.4 Å². The Morgan fingerprint density at radius 3 is 3.10 bits per heavy atom. The maximum absolute atomic E-state index is 5.79. The second-order valence-corrected chi connectivity index (χ2v) is 6.13. The molecule has 0 bridgehead atoms. The molecule has 0 aliphatic carbocycles. The number of ether oxygens (including phenoxy) is 2. The summed E-state index contributed by atoms with van der Waals surface area (Å²) in [6.45, 7) is 0.764. The van der Waals surface area contributed by atoms with Crippen LogP contribution in [0.4, 0.5) is 0 Å². The van der Waals surface area contributed by atoms with E-state index in [0.29, 0.717) is 5.92 Å². The van der Waals surface area contributed by atoms with E-state index in [-0.39, 0.29) is 6.04 Å². The summed E-state index contributed by atoms with van der Waals surface area (Å²) in [4.78, 5) is 1.16. The van der Waals surface area contributed by atoms with Crippen molar-refractivity contribution >= 4 is 11.3 Å². The minimum Gasteiger partial charge on any atom is -0.496 e. The topological polar surface area (TPSA) is 56.5 Å². The average molecular weight is 304 g/mol. The smallest absolute Gasteiger partial charge is 0.134 e. The number of thiophene rings is 1. The molecule has 1 aliphatic rings. The highest BCUT2D eigenvalue weighted by atomic mass is 32.1. The highest BCUT2D eigenvalue weighted by Gasteiger charge is 2.26. The number of methoxy groups -OCH3 is 1. The lowest BCUT2D eigenvalue weighted by atomic mass is 9.87. The molecular formula is C16H20N2O2S. The molecule has 5 heteroatoms. The number of hydrogen-bond acceptors (Lipinski definition) is 5. The molecule has 2 atom stereocenters. The van der Waals surface area contributed by atoms with Crippen LogP contribution in [0.15, 0.2) is 35.7 Å². The van der Waals surface area contributed by atoms with Crippen molar-refractivity contribution in [1.29, 1.82) is 0 Å². The first-order valence-electron chi connectivity index (χ1n) is 7.12. The van der Waals surface area contributed by atoms with Crippen molar-refractivity contribution < 1.29 is 9.47 Å². The Bertz CT molecular complexity index is 599.